The van der Waals surface area contributed by atoms with Gasteiger partial charge < -0.3 is 19.9 Å². The number of amides is 1. The number of aliphatic carboxylic acids is 1. The molecule has 140 valence electrons. The number of nitrogens with one attached hydrogen (secondary N) is 1. The number of methoxy groups -OCH3 is 2. The maximum absolute atomic E-state index is 12.6. The molecule has 2 N–H and O–H groups in total. The normalized spacial score (nSPS) is 10.5. The average Bonchev–Trinajstić information content (AvgIpc) is 2.62. The largest absolute Gasteiger partial charge is 0.493 e. The summed E-state index contributed by atoms with van der Waals surface area (Å²) in [4.78, 5) is 38.9. The molecule has 9 heteroatoms. The lowest BCUT2D eigenvalue weighted by atomic mass is 10.2. The smallest absolute Gasteiger partial charge is 0.305 e. The molecule has 0 atom stereocenters. The van der Waals surface area contributed by atoms with E-state index in [1.165, 1.54) is 25.1 Å². The number of rotatable bonds is 9. The summed E-state index contributed by atoms with van der Waals surface area (Å²) < 4.78 is 11.8. The monoisotopic (exact) mass is 363 g/mol. The molecule has 1 aromatic carbocycles. The van der Waals surface area contributed by atoms with Crippen molar-refractivity contribution in [2.45, 2.75) is 25.8 Å². The van der Waals surface area contributed by atoms with E-state index in [0.29, 0.717) is 35.4 Å². The number of fused-ring (bicyclic) bond motifs is 1. The molecule has 0 saturated heterocycles. The third-order valence-corrected chi connectivity index (χ3v) is 3.79. The van der Waals surface area contributed by atoms with Crippen molar-refractivity contribution in [3.8, 4) is 11.5 Å². The summed E-state index contributed by atoms with van der Waals surface area (Å²) >= 11 is 0. The second-order valence-electron chi connectivity index (χ2n) is 5.56. The van der Waals surface area contributed by atoms with E-state index in [1.807, 2.05) is 0 Å². The first-order valence-electron chi connectivity index (χ1n) is 8.06. The van der Waals surface area contributed by atoms with Gasteiger partial charge in [0.15, 0.2) is 11.5 Å². The lowest BCUT2D eigenvalue weighted by molar-refractivity contribution is -0.136. The average molecular weight is 363 g/mol. The van der Waals surface area contributed by atoms with Crippen LogP contribution >= 0.6 is 0 Å². The summed E-state index contributed by atoms with van der Waals surface area (Å²) in [7, 11) is 2.99. The van der Waals surface area contributed by atoms with Crippen molar-refractivity contribution in [2.24, 2.45) is 0 Å². The van der Waals surface area contributed by atoms with E-state index < -0.39 is 5.97 Å². The van der Waals surface area contributed by atoms with Crippen LogP contribution in [0.2, 0.25) is 0 Å². The Morgan fingerprint density at radius 2 is 1.88 bits per heavy atom. The predicted octanol–water partition coefficient (Wildman–Crippen LogP) is 0.785. The standard InChI is InChI=1S/C17H21N3O6/c1-25-13-8-11-12(9-14(13)26-2)19-10-20(17(11)24)7-3-4-15(21)18-6-5-16(22)23/h8-10H,3-7H2,1-2H3,(H,18,21)(H,22,23). The molecule has 9 nitrogen and oxygen atoms in total. The molecule has 0 spiro atoms. The summed E-state index contributed by atoms with van der Waals surface area (Å²) in [5.41, 5.74) is 0.262. The Morgan fingerprint density at radius 3 is 2.54 bits per heavy atom. The highest BCUT2D eigenvalue weighted by Gasteiger charge is 2.11. The number of hydrogen-bond donors (Lipinski definition) is 2. The second-order valence-corrected chi connectivity index (χ2v) is 5.56. The lowest BCUT2D eigenvalue weighted by Gasteiger charge is -2.10. The van der Waals surface area contributed by atoms with Gasteiger partial charge in [0.05, 0.1) is 37.9 Å². The van der Waals surface area contributed by atoms with Gasteiger partial charge in [0.2, 0.25) is 5.91 Å². The Balaban J connectivity index is 2.04. The summed E-state index contributed by atoms with van der Waals surface area (Å²) in [6, 6.07) is 3.22. The quantitative estimate of drug-likeness (QED) is 0.676. The molecule has 0 aliphatic heterocycles. The second kappa shape index (κ2) is 8.84. The Bertz CT molecular complexity index is 861. The molecular weight excluding hydrogens is 342 g/mol. The van der Waals surface area contributed by atoms with Crippen LogP contribution in [0, 0.1) is 0 Å². The number of carbonyl (C=O) groups excluding carboxylic acids is 1. The Morgan fingerprint density at radius 1 is 1.19 bits per heavy atom. The number of carboxylic acid groups (broad SMARTS) is 1. The lowest BCUT2D eigenvalue weighted by Crippen LogP contribution is -2.27. The topological polar surface area (TPSA) is 120 Å². The first kappa shape index (κ1) is 19.2. The number of aromatic nitrogens is 2. The van der Waals surface area contributed by atoms with Crippen LogP contribution in [0.3, 0.4) is 0 Å². The first-order chi connectivity index (χ1) is 12.5. The molecule has 0 saturated carbocycles. The van der Waals surface area contributed by atoms with Crippen molar-refractivity contribution in [3.63, 3.8) is 0 Å². The summed E-state index contributed by atoms with van der Waals surface area (Å²) in [5.74, 6) is -0.289. The zero-order valence-electron chi connectivity index (χ0n) is 14.7. The number of nitrogens with zero attached hydrogens (tertiary/aromatic N) is 2. The Kier molecular flexibility index (Phi) is 6.54. The van der Waals surface area contributed by atoms with Gasteiger partial charge in [-0.2, -0.15) is 0 Å². The zero-order chi connectivity index (χ0) is 19.1. The van der Waals surface area contributed by atoms with Gasteiger partial charge >= 0.3 is 5.97 Å². The fraction of sp³-hybridized carbons (Fsp3) is 0.412. The molecule has 2 aromatic rings. The molecule has 1 aromatic heterocycles. The summed E-state index contributed by atoms with van der Waals surface area (Å²) in [6.07, 6.45) is 1.93. The fourth-order valence-corrected chi connectivity index (χ4v) is 2.45. The van der Waals surface area contributed by atoms with Crippen LogP contribution in [0.15, 0.2) is 23.3 Å². The van der Waals surface area contributed by atoms with E-state index in [4.69, 9.17) is 14.6 Å². The minimum Gasteiger partial charge on any atom is -0.493 e. The number of ether oxygens (including phenoxy) is 2. The van der Waals surface area contributed by atoms with E-state index >= 15 is 0 Å². The van der Waals surface area contributed by atoms with Crippen LogP contribution in [0.5, 0.6) is 11.5 Å². The van der Waals surface area contributed by atoms with Gasteiger partial charge in [-0.15, -0.1) is 0 Å². The molecule has 0 bridgehead atoms. The van der Waals surface area contributed by atoms with Gasteiger partial charge in [0, 0.05) is 25.6 Å². The molecule has 1 heterocycles. The molecule has 0 aliphatic rings. The number of hydrogen-bond acceptors (Lipinski definition) is 6. The van der Waals surface area contributed by atoms with Gasteiger partial charge in [-0.05, 0) is 12.5 Å². The van der Waals surface area contributed by atoms with E-state index in [2.05, 4.69) is 10.3 Å². The van der Waals surface area contributed by atoms with Crippen LogP contribution < -0.4 is 20.3 Å². The van der Waals surface area contributed by atoms with E-state index in [1.54, 1.807) is 12.1 Å². The van der Waals surface area contributed by atoms with E-state index in [9.17, 15) is 14.4 Å². The molecule has 0 radical (unpaired) electrons. The molecule has 0 fully saturated rings. The third kappa shape index (κ3) is 4.71. The van der Waals surface area contributed by atoms with E-state index in [-0.39, 0.29) is 30.9 Å². The number of carbonyl (C=O) groups is 2. The minimum absolute atomic E-state index is 0.0905. The van der Waals surface area contributed by atoms with E-state index in [0.717, 1.165) is 0 Å². The molecule has 26 heavy (non-hydrogen) atoms. The van der Waals surface area contributed by atoms with Gasteiger partial charge in [0.25, 0.3) is 5.56 Å². The predicted molar refractivity (Wildman–Crippen MR) is 93.6 cm³/mol. The SMILES string of the molecule is COc1cc2ncn(CCCC(=O)NCCC(=O)O)c(=O)c2cc1OC. The van der Waals surface area contributed by atoms with Gasteiger partial charge in [-0.3, -0.25) is 19.0 Å². The first-order valence-corrected chi connectivity index (χ1v) is 8.06. The van der Waals surface area contributed by atoms with Gasteiger partial charge in [-0.1, -0.05) is 0 Å². The van der Waals surface area contributed by atoms with Crippen LogP contribution in [0.4, 0.5) is 0 Å². The van der Waals surface area contributed by atoms with Crippen LogP contribution in [0.25, 0.3) is 10.9 Å². The number of aryl methyl sites for hydroxylation is 1. The molecule has 0 unspecified atom stereocenters. The minimum atomic E-state index is -0.967. The van der Waals surface area contributed by atoms with Crippen molar-refractivity contribution in [1.29, 1.82) is 0 Å². The molecule has 2 rings (SSSR count). The van der Waals surface area contributed by atoms with Crippen LogP contribution in [-0.2, 0) is 16.1 Å². The fourth-order valence-electron chi connectivity index (χ4n) is 2.45. The van der Waals surface area contributed by atoms with Gasteiger partial charge in [0.1, 0.15) is 0 Å². The molecule has 1 amide bonds. The highest BCUT2D eigenvalue weighted by molar-refractivity contribution is 5.81. The zero-order valence-corrected chi connectivity index (χ0v) is 14.7. The molecular formula is C17H21N3O6. The van der Waals surface area contributed by atoms with Crippen molar-refractivity contribution in [1.82, 2.24) is 14.9 Å². The van der Waals surface area contributed by atoms with Crippen LogP contribution in [0.1, 0.15) is 19.3 Å². The Hall–Kier alpha value is -3.10. The Labute approximate surface area is 149 Å². The summed E-state index contributed by atoms with van der Waals surface area (Å²) in [5, 5.41) is 11.4. The number of carboxylic acids is 1. The summed E-state index contributed by atoms with van der Waals surface area (Å²) in [6.45, 7) is 0.412. The third-order valence-electron chi connectivity index (χ3n) is 3.79. The highest BCUT2D eigenvalue weighted by atomic mass is 16.5. The van der Waals surface area contributed by atoms with Crippen molar-refractivity contribution < 1.29 is 24.2 Å². The highest BCUT2D eigenvalue weighted by Crippen LogP contribution is 2.29. The maximum atomic E-state index is 12.6. The van der Waals surface area contributed by atoms with Gasteiger partial charge in [-0.25, -0.2) is 4.98 Å². The maximum Gasteiger partial charge on any atom is 0.305 e. The molecule has 0 aliphatic carbocycles. The van der Waals surface area contributed by atoms with Crippen molar-refractivity contribution >= 4 is 22.8 Å². The number of benzene rings is 1. The van der Waals surface area contributed by atoms with Crippen LogP contribution in [-0.4, -0.2) is 47.3 Å². The van der Waals surface area contributed by atoms with Crippen molar-refractivity contribution in [2.75, 3.05) is 20.8 Å². The van der Waals surface area contributed by atoms with Crippen molar-refractivity contribution in [3.05, 3.63) is 28.8 Å².